The van der Waals surface area contributed by atoms with E-state index in [-0.39, 0.29) is 5.25 Å². The molecule has 1 aliphatic rings. The Balaban J connectivity index is 1.86. The quantitative estimate of drug-likeness (QED) is 0.534. The first-order valence-corrected chi connectivity index (χ1v) is 8.45. The fourth-order valence-corrected chi connectivity index (χ4v) is 3.76. The van der Waals surface area contributed by atoms with Gasteiger partial charge in [0.15, 0.2) is 9.84 Å². The first-order chi connectivity index (χ1) is 9.17. The molecule has 0 aromatic rings. The fraction of sp³-hybridized carbons (Fsp3) is 1.00. The van der Waals surface area contributed by atoms with E-state index in [4.69, 9.17) is 14.2 Å². The first kappa shape index (κ1) is 16.8. The average molecular weight is 295 g/mol. The van der Waals surface area contributed by atoms with E-state index in [1.54, 1.807) is 7.11 Å². The van der Waals surface area contributed by atoms with Gasteiger partial charge in [0.1, 0.15) is 0 Å². The lowest BCUT2D eigenvalue weighted by atomic mass is 10.2. The van der Waals surface area contributed by atoms with Gasteiger partial charge in [0, 0.05) is 20.2 Å². The summed E-state index contributed by atoms with van der Waals surface area (Å²) >= 11 is 0. The third-order valence-electron chi connectivity index (χ3n) is 3.06. The number of methoxy groups -OCH3 is 1. The molecule has 0 aliphatic carbocycles. The second kappa shape index (κ2) is 9.66. The summed E-state index contributed by atoms with van der Waals surface area (Å²) < 4.78 is 38.5. The Morgan fingerprint density at radius 2 is 1.79 bits per heavy atom. The minimum Gasteiger partial charge on any atom is -0.382 e. The van der Waals surface area contributed by atoms with Crippen LogP contribution in [-0.2, 0) is 24.0 Å². The van der Waals surface area contributed by atoms with E-state index in [0.29, 0.717) is 51.9 Å². The molecule has 1 fully saturated rings. The molecule has 0 radical (unpaired) electrons. The van der Waals surface area contributed by atoms with Crippen LogP contribution in [0.25, 0.3) is 0 Å². The van der Waals surface area contributed by atoms with Gasteiger partial charge < -0.3 is 19.5 Å². The third kappa shape index (κ3) is 7.22. The van der Waals surface area contributed by atoms with E-state index in [9.17, 15) is 8.42 Å². The van der Waals surface area contributed by atoms with Gasteiger partial charge in [-0.3, -0.25) is 0 Å². The van der Waals surface area contributed by atoms with Gasteiger partial charge in [-0.05, 0) is 12.8 Å². The zero-order valence-electron chi connectivity index (χ0n) is 11.6. The van der Waals surface area contributed by atoms with Crippen LogP contribution in [0.5, 0.6) is 0 Å². The van der Waals surface area contributed by atoms with E-state index < -0.39 is 9.84 Å². The Labute approximate surface area is 115 Å². The minimum atomic E-state index is -2.83. The molecule has 0 spiro atoms. The van der Waals surface area contributed by atoms with Crippen molar-refractivity contribution in [3.8, 4) is 0 Å². The van der Waals surface area contributed by atoms with Gasteiger partial charge in [-0.2, -0.15) is 0 Å². The van der Waals surface area contributed by atoms with Crippen LogP contribution in [0.2, 0.25) is 0 Å². The van der Waals surface area contributed by atoms with Gasteiger partial charge in [-0.25, -0.2) is 8.42 Å². The van der Waals surface area contributed by atoms with Crippen LogP contribution in [0, 0.1) is 0 Å². The zero-order chi connectivity index (χ0) is 14.0. The normalized spacial score (nSPS) is 21.8. The Kier molecular flexibility index (Phi) is 8.56. The summed E-state index contributed by atoms with van der Waals surface area (Å²) in [6.07, 6.45) is 1.58. The van der Waals surface area contributed by atoms with Crippen molar-refractivity contribution in [1.82, 2.24) is 5.32 Å². The predicted molar refractivity (Wildman–Crippen MR) is 73.2 cm³/mol. The molecule has 1 unspecified atom stereocenters. The highest BCUT2D eigenvalue weighted by Crippen LogP contribution is 2.18. The second-order valence-corrected chi connectivity index (χ2v) is 6.95. The number of hydrogen-bond acceptors (Lipinski definition) is 6. The van der Waals surface area contributed by atoms with Crippen LogP contribution in [0.4, 0.5) is 0 Å². The standard InChI is InChI=1S/C12H25NO5S/c1-16-6-7-18-9-8-17-5-4-13-11-12-3-2-10-19(12,14)15/h12-13H,2-11H2,1H3. The molecule has 0 saturated carbocycles. The van der Waals surface area contributed by atoms with Crippen LogP contribution < -0.4 is 5.32 Å². The predicted octanol–water partition coefficient (Wildman–Crippen LogP) is -0.167. The number of nitrogens with one attached hydrogen (secondary N) is 1. The lowest BCUT2D eigenvalue weighted by Gasteiger charge is -2.11. The monoisotopic (exact) mass is 295 g/mol. The van der Waals surface area contributed by atoms with Gasteiger partial charge in [0.25, 0.3) is 0 Å². The maximum Gasteiger partial charge on any atom is 0.154 e. The fourth-order valence-electron chi connectivity index (χ4n) is 1.96. The molecule has 0 aromatic carbocycles. The highest BCUT2D eigenvalue weighted by molar-refractivity contribution is 7.92. The SMILES string of the molecule is COCCOCCOCCNCC1CCCS1(=O)=O. The number of ether oxygens (including phenoxy) is 3. The van der Waals surface area contributed by atoms with Crippen molar-refractivity contribution in [1.29, 1.82) is 0 Å². The van der Waals surface area contributed by atoms with Crippen molar-refractivity contribution in [3.63, 3.8) is 0 Å². The maximum absolute atomic E-state index is 11.6. The number of sulfone groups is 1. The maximum atomic E-state index is 11.6. The van der Waals surface area contributed by atoms with E-state index >= 15 is 0 Å². The zero-order valence-corrected chi connectivity index (χ0v) is 12.4. The van der Waals surface area contributed by atoms with Gasteiger partial charge >= 0.3 is 0 Å². The molecular formula is C12H25NO5S. The third-order valence-corrected chi connectivity index (χ3v) is 5.34. The number of rotatable bonds is 11. The van der Waals surface area contributed by atoms with Crippen molar-refractivity contribution in [2.45, 2.75) is 18.1 Å². The molecule has 7 heteroatoms. The lowest BCUT2D eigenvalue weighted by molar-refractivity contribution is 0.0256. The summed E-state index contributed by atoms with van der Waals surface area (Å²) in [5.41, 5.74) is 0. The molecule has 1 heterocycles. The molecule has 1 rings (SSSR count). The Hall–Kier alpha value is -0.210. The van der Waals surface area contributed by atoms with Crippen LogP contribution in [0.3, 0.4) is 0 Å². The molecule has 6 nitrogen and oxygen atoms in total. The van der Waals surface area contributed by atoms with Gasteiger partial charge in [0.2, 0.25) is 0 Å². The minimum absolute atomic E-state index is 0.204. The van der Waals surface area contributed by atoms with Crippen LogP contribution >= 0.6 is 0 Å². The topological polar surface area (TPSA) is 73.9 Å². The van der Waals surface area contributed by atoms with E-state index in [1.165, 1.54) is 0 Å². The van der Waals surface area contributed by atoms with Crippen molar-refractivity contribution < 1.29 is 22.6 Å². The van der Waals surface area contributed by atoms with Gasteiger partial charge in [0.05, 0.1) is 44.0 Å². The summed E-state index contributed by atoms with van der Waals surface area (Å²) in [6, 6.07) is 0. The Morgan fingerprint density at radius 1 is 1.11 bits per heavy atom. The highest BCUT2D eigenvalue weighted by Gasteiger charge is 2.30. The van der Waals surface area contributed by atoms with Crippen molar-refractivity contribution in [3.05, 3.63) is 0 Å². The summed E-state index contributed by atoms with van der Waals surface area (Å²) in [5, 5.41) is 2.93. The lowest BCUT2D eigenvalue weighted by Crippen LogP contribution is -2.32. The Morgan fingerprint density at radius 3 is 2.42 bits per heavy atom. The molecule has 19 heavy (non-hydrogen) atoms. The van der Waals surface area contributed by atoms with Crippen molar-refractivity contribution in [2.24, 2.45) is 0 Å². The molecule has 1 saturated heterocycles. The van der Waals surface area contributed by atoms with Crippen LogP contribution in [0.15, 0.2) is 0 Å². The van der Waals surface area contributed by atoms with E-state index in [0.717, 1.165) is 12.8 Å². The molecule has 1 N–H and O–H groups in total. The van der Waals surface area contributed by atoms with E-state index in [1.807, 2.05) is 0 Å². The molecule has 0 amide bonds. The molecule has 0 aromatic heterocycles. The van der Waals surface area contributed by atoms with Gasteiger partial charge in [-0.15, -0.1) is 0 Å². The molecular weight excluding hydrogens is 270 g/mol. The highest BCUT2D eigenvalue weighted by atomic mass is 32.2. The summed E-state index contributed by atoms with van der Waals surface area (Å²) in [7, 11) is -1.20. The number of hydrogen-bond donors (Lipinski definition) is 1. The molecule has 1 aliphatic heterocycles. The largest absolute Gasteiger partial charge is 0.382 e. The average Bonchev–Trinajstić information content (AvgIpc) is 2.71. The van der Waals surface area contributed by atoms with Crippen LogP contribution in [0.1, 0.15) is 12.8 Å². The molecule has 114 valence electrons. The summed E-state index contributed by atoms with van der Waals surface area (Å²) in [6.45, 7) is 4.06. The van der Waals surface area contributed by atoms with E-state index in [2.05, 4.69) is 5.32 Å². The molecule has 0 bridgehead atoms. The van der Waals surface area contributed by atoms with Gasteiger partial charge in [-0.1, -0.05) is 0 Å². The second-order valence-electron chi connectivity index (χ2n) is 4.55. The summed E-state index contributed by atoms with van der Waals surface area (Å²) in [5.74, 6) is 0.342. The molecule has 1 atom stereocenters. The van der Waals surface area contributed by atoms with Crippen LogP contribution in [-0.4, -0.2) is 72.7 Å². The Bertz CT molecular complexity index is 320. The smallest absolute Gasteiger partial charge is 0.154 e. The van der Waals surface area contributed by atoms with Crippen molar-refractivity contribution in [2.75, 3.05) is 59.0 Å². The van der Waals surface area contributed by atoms with Crippen molar-refractivity contribution >= 4 is 9.84 Å². The summed E-state index contributed by atoms with van der Waals surface area (Å²) in [4.78, 5) is 0. The first-order valence-electron chi connectivity index (χ1n) is 6.73.